The van der Waals surface area contributed by atoms with Crippen molar-refractivity contribution in [3.63, 3.8) is 0 Å². The summed E-state index contributed by atoms with van der Waals surface area (Å²) in [6, 6.07) is 9.52. The SMILES string of the molecule is CC(=O)C(C=NOCc1ccc(Cl)cc1Cl)C(=O)Nc1ccc(Cl)cc1Cl. The number of nitrogens with one attached hydrogen (secondary N) is 1. The third kappa shape index (κ3) is 6.40. The number of anilines is 1. The minimum atomic E-state index is -1.14. The average molecular weight is 448 g/mol. The van der Waals surface area contributed by atoms with Crippen molar-refractivity contribution in [1.82, 2.24) is 0 Å². The normalized spacial score (nSPS) is 12.0. The predicted molar refractivity (Wildman–Crippen MR) is 109 cm³/mol. The molecule has 9 heteroatoms. The molecular formula is C18H14Cl4N2O3. The molecule has 2 aromatic rings. The van der Waals surface area contributed by atoms with E-state index in [1.165, 1.54) is 19.1 Å². The van der Waals surface area contributed by atoms with Gasteiger partial charge in [-0.15, -0.1) is 0 Å². The van der Waals surface area contributed by atoms with Gasteiger partial charge in [-0.05, 0) is 37.3 Å². The lowest BCUT2D eigenvalue weighted by molar-refractivity contribution is -0.126. The lowest BCUT2D eigenvalue weighted by Crippen LogP contribution is -2.29. The largest absolute Gasteiger partial charge is 0.391 e. The molecule has 0 aliphatic rings. The van der Waals surface area contributed by atoms with E-state index in [1.807, 2.05) is 0 Å². The minimum Gasteiger partial charge on any atom is -0.391 e. The number of ketones is 1. The molecule has 0 aliphatic carbocycles. The topological polar surface area (TPSA) is 67.8 Å². The fraction of sp³-hybridized carbons (Fsp3) is 0.167. The summed E-state index contributed by atoms with van der Waals surface area (Å²) >= 11 is 23.7. The molecule has 0 radical (unpaired) electrons. The molecule has 27 heavy (non-hydrogen) atoms. The quantitative estimate of drug-likeness (QED) is 0.339. The monoisotopic (exact) mass is 446 g/mol. The standard InChI is InChI=1S/C18H14Cl4N2O3/c1-10(25)14(18(26)24-17-5-4-13(20)7-16(17)22)8-23-27-9-11-2-3-12(19)6-15(11)21/h2-8,14H,9H2,1H3,(H,24,26). The number of amides is 1. The van der Waals surface area contributed by atoms with Crippen molar-refractivity contribution in [3.05, 3.63) is 62.1 Å². The third-order valence-electron chi connectivity index (χ3n) is 3.43. The highest BCUT2D eigenvalue weighted by atomic mass is 35.5. The summed E-state index contributed by atoms with van der Waals surface area (Å²) in [6.45, 7) is 1.33. The molecule has 5 nitrogen and oxygen atoms in total. The van der Waals surface area contributed by atoms with Crippen molar-refractivity contribution in [1.29, 1.82) is 0 Å². The second-order valence-electron chi connectivity index (χ2n) is 5.47. The molecular weight excluding hydrogens is 434 g/mol. The number of oxime groups is 1. The van der Waals surface area contributed by atoms with Crippen LogP contribution < -0.4 is 5.32 Å². The smallest absolute Gasteiger partial charge is 0.240 e. The highest BCUT2D eigenvalue weighted by Crippen LogP contribution is 2.26. The first-order chi connectivity index (χ1) is 12.8. The molecule has 0 saturated carbocycles. The summed E-state index contributed by atoms with van der Waals surface area (Å²) in [5, 5.41) is 7.87. The van der Waals surface area contributed by atoms with Gasteiger partial charge < -0.3 is 10.2 Å². The number of hydrogen-bond acceptors (Lipinski definition) is 4. The van der Waals surface area contributed by atoms with Crippen LogP contribution in [0.2, 0.25) is 20.1 Å². The van der Waals surface area contributed by atoms with Gasteiger partial charge in [0.15, 0.2) is 0 Å². The molecule has 0 heterocycles. The summed E-state index contributed by atoms with van der Waals surface area (Å²) in [5.74, 6) is -2.14. The van der Waals surface area contributed by atoms with Crippen molar-refractivity contribution in [2.75, 3.05) is 5.32 Å². The van der Waals surface area contributed by atoms with Crippen molar-refractivity contribution < 1.29 is 14.4 Å². The molecule has 0 aromatic heterocycles. The summed E-state index contributed by atoms with van der Waals surface area (Å²) in [7, 11) is 0. The number of Topliss-reactive ketones (excluding diaryl/α,β-unsaturated/α-hetero) is 1. The maximum Gasteiger partial charge on any atom is 0.240 e. The molecule has 2 rings (SSSR count). The Morgan fingerprint density at radius 2 is 1.70 bits per heavy atom. The Hall–Kier alpha value is -1.79. The Labute approximate surface area is 176 Å². The first kappa shape index (κ1) is 21.5. The molecule has 0 bridgehead atoms. The van der Waals surface area contributed by atoms with Crippen LogP contribution in [0, 0.1) is 5.92 Å². The lowest BCUT2D eigenvalue weighted by atomic mass is 10.1. The molecule has 1 unspecified atom stereocenters. The number of benzene rings is 2. The molecule has 1 amide bonds. The van der Waals surface area contributed by atoms with Crippen molar-refractivity contribution in [2.45, 2.75) is 13.5 Å². The summed E-state index contributed by atoms with van der Waals surface area (Å²) in [6.07, 6.45) is 1.12. The first-order valence-corrected chi connectivity index (χ1v) is 9.15. The van der Waals surface area contributed by atoms with Crippen LogP contribution in [0.5, 0.6) is 0 Å². The number of carbonyl (C=O) groups is 2. The van der Waals surface area contributed by atoms with Gasteiger partial charge in [0.1, 0.15) is 18.3 Å². The second kappa shape index (κ2) is 9.95. The van der Waals surface area contributed by atoms with E-state index in [0.29, 0.717) is 26.3 Å². The van der Waals surface area contributed by atoms with Crippen molar-refractivity contribution in [3.8, 4) is 0 Å². The van der Waals surface area contributed by atoms with Gasteiger partial charge in [-0.2, -0.15) is 0 Å². The Kier molecular flexibility index (Phi) is 7.92. The number of rotatable bonds is 7. The van der Waals surface area contributed by atoms with E-state index in [4.69, 9.17) is 51.2 Å². The van der Waals surface area contributed by atoms with Gasteiger partial charge in [0, 0.05) is 20.6 Å². The van der Waals surface area contributed by atoms with Gasteiger partial charge in [0.05, 0.1) is 16.9 Å². The molecule has 0 fully saturated rings. The second-order valence-corrected chi connectivity index (χ2v) is 7.15. The average Bonchev–Trinajstić information content (AvgIpc) is 2.58. The molecule has 0 aliphatic heterocycles. The molecule has 1 N–H and O–H groups in total. The van der Waals surface area contributed by atoms with Crippen LogP contribution >= 0.6 is 46.4 Å². The van der Waals surface area contributed by atoms with E-state index in [-0.39, 0.29) is 11.6 Å². The highest BCUT2D eigenvalue weighted by Gasteiger charge is 2.22. The number of nitrogens with zero attached hydrogens (tertiary/aromatic N) is 1. The maximum absolute atomic E-state index is 12.3. The number of halogens is 4. The zero-order valence-corrected chi connectivity index (χ0v) is 17.0. The molecule has 0 saturated heterocycles. The van der Waals surface area contributed by atoms with Gasteiger partial charge in [0.2, 0.25) is 5.91 Å². The zero-order valence-electron chi connectivity index (χ0n) is 14.0. The number of hydrogen-bond donors (Lipinski definition) is 1. The van der Waals surface area contributed by atoms with Crippen LogP contribution in [-0.2, 0) is 21.0 Å². The van der Waals surface area contributed by atoms with E-state index in [2.05, 4.69) is 10.5 Å². The van der Waals surface area contributed by atoms with Crippen molar-refractivity contribution >= 4 is 70.0 Å². The maximum atomic E-state index is 12.3. The minimum absolute atomic E-state index is 0.0573. The fourth-order valence-corrected chi connectivity index (χ4v) is 2.93. The van der Waals surface area contributed by atoms with Gasteiger partial charge in [-0.1, -0.05) is 57.6 Å². The van der Waals surface area contributed by atoms with Gasteiger partial charge in [-0.25, -0.2) is 0 Å². The third-order valence-corrected chi connectivity index (χ3v) is 4.56. The van der Waals surface area contributed by atoms with Gasteiger partial charge >= 0.3 is 0 Å². The predicted octanol–water partition coefficient (Wildman–Crippen LogP) is 5.65. The Morgan fingerprint density at radius 3 is 2.30 bits per heavy atom. The molecule has 2 aromatic carbocycles. The summed E-state index contributed by atoms with van der Waals surface area (Å²) < 4.78 is 0. The first-order valence-electron chi connectivity index (χ1n) is 7.63. The van der Waals surface area contributed by atoms with E-state index in [1.54, 1.807) is 24.3 Å². The van der Waals surface area contributed by atoms with Crippen LogP contribution in [-0.4, -0.2) is 17.9 Å². The fourth-order valence-electron chi connectivity index (χ4n) is 2.01. The van der Waals surface area contributed by atoms with Crippen LogP contribution in [0.3, 0.4) is 0 Å². The van der Waals surface area contributed by atoms with Gasteiger partial charge in [0.25, 0.3) is 0 Å². The number of carbonyl (C=O) groups excluding carboxylic acids is 2. The highest BCUT2D eigenvalue weighted by molar-refractivity contribution is 6.37. The van der Waals surface area contributed by atoms with Crippen LogP contribution in [0.25, 0.3) is 0 Å². The van der Waals surface area contributed by atoms with Crippen molar-refractivity contribution in [2.24, 2.45) is 11.1 Å². The van der Waals surface area contributed by atoms with E-state index in [0.717, 1.165) is 6.21 Å². The zero-order chi connectivity index (χ0) is 20.0. The van der Waals surface area contributed by atoms with Crippen LogP contribution in [0.4, 0.5) is 5.69 Å². The molecule has 0 spiro atoms. The summed E-state index contributed by atoms with van der Waals surface area (Å²) in [4.78, 5) is 29.2. The van der Waals surface area contributed by atoms with E-state index in [9.17, 15) is 9.59 Å². The molecule has 1 atom stereocenters. The van der Waals surface area contributed by atoms with E-state index < -0.39 is 17.6 Å². The molecule has 142 valence electrons. The van der Waals surface area contributed by atoms with Crippen LogP contribution in [0.15, 0.2) is 41.6 Å². The Balaban J connectivity index is 2.00. The summed E-state index contributed by atoms with van der Waals surface area (Å²) in [5.41, 5.74) is 0.995. The Morgan fingerprint density at radius 1 is 1.07 bits per heavy atom. The van der Waals surface area contributed by atoms with Crippen LogP contribution in [0.1, 0.15) is 12.5 Å². The van der Waals surface area contributed by atoms with Gasteiger partial charge in [-0.3, -0.25) is 9.59 Å². The van der Waals surface area contributed by atoms with E-state index >= 15 is 0 Å². The lowest BCUT2D eigenvalue weighted by Gasteiger charge is -2.11. The Bertz CT molecular complexity index is 887.